The molecule has 0 amide bonds. The molecule has 3 heterocycles. The number of nitrogens with one attached hydrogen (secondary N) is 1. The van der Waals surface area contributed by atoms with E-state index >= 15 is 0 Å². The van der Waals surface area contributed by atoms with E-state index < -0.39 is 0 Å². The molecule has 36 heavy (non-hydrogen) atoms. The Morgan fingerprint density at radius 2 is 1.72 bits per heavy atom. The lowest BCUT2D eigenvalue weighted by molar-refractivity contribution is 0.197. The molecule has 2 aromatic carbocycles. The summed E-state index contributed by atoms with van der Waals surface area (Å²) in [4.78, 5) is 21.6. The van der Waals surface area contributed by atoms with Gasteiger partial charge >= 0.3 is 0 Å². The summed E-state index contributed by atoms with van der Waals surface area (Å²) in [7, 11) is 0. The molecule has 0 radical (unpaired) electrons. The van der Waals surface area contributed by atoms with Crippen LogP contribution in [0.2, 0.25) is 0 Å². The number of H-pyrrole nitrogens is 1. The van der Waals surface area contributed by atoms with Crippen molar-refractivity contribution in [1.82, 2.24) is 30.1 Å². The van der Waals surface area contributed by atoms with Gasteiger partial charge in [0.25, 0.3) is 5.56 Å². The van der Waals surface area contributed by atoms with Gasteiger partial charge in [0.15, 0.2) is 5.82 Å². The topological polar surface area (TPSA) is 82.9 Å². The summed E-state index contributed by atoms with van der Waals surface area (Å²) in [5.74, 6) is 0.782. The van der Waals surface area contributed by atoms with E-state index in [-0.39, 0.29) is 11.6 Å². The number of aryl methyl sites for hydroxylation is 2. The third-order valence-electron chi connectivity index (χ3n) is 7.87. The van der Waals surface area contributed by atoms with Crippen LogP contribution in [0.3, 0.4) is 0 Å². The largest absolute Gasteiger partial charge is 0.369 e. The van der Waals surface area contributed by atoms with Crippen LogP contribution >= 0.6 is 0 Å². The molecule has 1 aliphatic carbocycles. The number of piperazine rings is 1. The van der Waals surface area contributed by atoms with E-state index in [2.05, 4.69) is 80.6 Å². The van der Waals surface area contributed by atoms with Crippen molar-refractivity contribution in [3.63, 3.8) is 0 Å². The van der Waals surface area contributed by atoms with Crippen molar-refractivity contribution >= 4 is 16.6 Å². The second kappa shape index (κ2) is 9.50. The lowest BCUT2D eigenvalue weighted by Crippen LogP contribution is -2.49. The first-order valence-electron chi connectivity index (χ1n) is 13.0. The van der Waals surface area contributed by atoms with E-state index in [0.717, 1.165) is 72.4 Å². The van der Waals surface area contributed by atoms with Crippen molar-refractivity contribution in [1.29, 1.82) is 0 Å². The van der Waals surface area contributed by atoms with Crippen molar-refractivity contribution in [2.45, 2.75) is 51.6 Å². The van der Waals surface area contributed by atoms with Crippen molar-refractivity contribution < 1.29 is 0 Å². The van der Waals surface area contributed by atoms with E-state index in [0.29, 0.717) is 6.04 Å². The third kappa shape index (κ3) is 4.19. The smallest absolute Gasteiger partial charge is 0.253 e. The van der Waals surface area contributed by atoms with Crippen LogP contribution in [-0.2, 0) is 0 Å². The molecular formula is C28H33N7O. The van der Waals surface area contributed by atoms with Gasteiger partial charge in [0.2, 0.25) is 0 Å². The summed E-state index contributed by atoms with van der Waals surface area (Å²) in [6, 6.07) is 16.8. The highest BCUT2D eigenvalue weighted by molar-refractivity contribution is 5.83. The molecule has 2 aliphatic rings. The van der Waals surface area contributed by atoms with Crippen LogP contribution in [0, 0.1) is 13.8 Å². The van der Waals surface area contributed by atoms with Crippen molar-refractivity contribution in [3.05, 3.63) is 81.4 Å². The van der Waals surface area contributed by atoms with Crippen molar-refractivity contribution in [2.24, 2.45) is 0 Å². The minimum absolute atomic E-state index is 0.0658. The minimum Gasteiger partial charge on any atom is -0.369 e. The molecule has 0 unspecified atom stereocenters. The molecule has 6 rings (SSSR count). The summed E-state index contributed by atoms with van der Waals surface area (Å²) in [6.45, 7) is 7.57. The molecule has 1 aliphatic heterocycles. The Hall–Kier alpha value is -3.52. The van der Waals surface area contributed by atoms with E-state index in [1.807, 2.05) is 16.8 Å². The number of aromatic nitrogens is 5. The van der Waals surface area contributed by atoms with Crippen LogP contribution in [0.15, 0.2) is 53.3 Å². The monoisotopic (exact) mass is 483 g/mol. The standard InChI is InChI=1S/C28H33N7O/c1-19-16-20(2)23-18-24(28(36)29-25(23)17-19)26(27-30-31-32-35(27)22-10-6-7-11-22)34-14-12-33(13-15-34)21-8-4-3-5-9-21/h3-5,8-9,16-18,22,26H,6-7,10-15H2,1-2H3,(H,29,36)/t26-/m0/s1. The first kappa shape index (κ1) is 22.9. The highest BCUT2D eigenvalue weighted by Crippen LogP contribution is 2.34. The van der Waals surface area contributed by atoms with E-state index in [4.69, 9.17) is 0 Å². The molecule has 0 spiro atoms. The van der Waals surface area contributed by atoms with Gasteiger partial charge in [0.05, 0.1) is 6.04 Å². The Morgan fingerprint density at radius 1 is 0.972 bits per heavy atom. The number of nitrogens with zero attached hydrogens (tertiary/aromatic N) is 6. The molecule has 2 aromatic heterocycles. The number of pyridine rings is 1. The molecule has 1 saturated heterocycles. The quantitative estimate of drug-likeness (QED) is 0.459. The van der Waals surface area contributed by atoms with Crippen molar-refractivity contribution in [3.8, 4) is 0 Å². The summed E-state index contributed by atoms with van der Waals surface area (Å²) < 4.78 is 2.01. The van der Waals surface area contributed by atoms with Gasteiger partial charge in [-0.3, -0.25) is 9.69 Å². The molecule has 0 bridgehead atoms. The first-order valence-corrected chi connectivity index (χ1v) is 13.0. The SMILES string of the molecule is Cc1cc(C)c2cc([C@@H](c3nnnn3C3CCCC3)N3CCN(c4ccccc4)CC3)c(=O)[nH]c2c1. The maximum atomic E-state index is 13.6. The maximum Gasteiger partial charge on any atom is 0.253 e. The number of hydrogen-bond donors (Lipinski definition) is 1. The second-order valence-electron chi connectivity index (χ2n) is 10.3. The van der Waals surface area contributed by atoms with Gasteiger partial charge in [-0.05, 0) is 72.5 Å². The van der Waals surface area contributed by atoms with Crippen LogP contribution in [0.25, 0.3) is 10.9 Å². The number of fused-ring (bicyclic) bond motifs is 1. The molecule has 4 aromatic rings. The number of tetrazole rings is 1. The van der Waals surface area contributed by atoms with Crippen LogP contribution < -0.4 is 10.5 Å². The summed E-state index contributed by atoms with van der Waals surface area (Å²) in [6.07, 6.45) is 4.55. The zero-order valence-electron chi connectivity index (χ0n) is 21.0. The highest BCUT2D eigenvalue weighted by atomic mass is 16.1. The van der Waals surface area contributed by atoms with E-state index in [1.165, 1.54) is 18.5 Å². The number of rotatable bonds is 5. The predicted octanol–water partition coefficient (Wildman–Crippen LogP) is 4.16. The number of aromatic amines is 1. The molecule has 1 N–H and O–H groups in total. The van der Waals surface area contributed by atoms with Gasteiger partial charge in [-0.1, -0.05) is 37.1 Å². The Morgan fingerprint density at radius 3 is 2.47 bits per heavy atom. The highest BCUT2D eigenvalue weighted by Gasteiger charge is 2.34. The van der Waals surface area contributed by atoms with Gasteiger partial charge in [-0.25, -0.2) is 4.68 Å². The van der Waals surface area contributed by atoms with Gasteiger partial charge in [0, 0.05) is 48.3 Å². The summed E-state index contributed by atoms with van der Waals surface area (Å²) in [5, 5.41) is 14.1. The van der Waals surface area contributed by atoms with Gasteiger partial charge in [0.1, 0.15) is 6.04 Å². The first-order chi connectivity index (χ1) is 17.6. The molecule has 1 saturated carbocycles. The molecule has 1 atom stereocenters. The minimum atomic E-state index is -0.299. The fourth-order valence-corrected chi connectivity index (χ4v) is 6.06. The molecule has 2 fully saturated rings. The molecule has 8 heteroatoms. The molecule has 8 nitrogen and oxygen atoms in total. The third-order valence-corrected chi connectivity index (χ3v) is 7.87. The summed E-state index contributed by atoms with van der Waals surface area (Å²) in [5.41, 5.74) is 5.07. The van der Waals surface area contributed by atoms with E-state index in [1.54, 1.807) is 0 Å². The zero-order chi connectivity index (χ0) is 24.6. The van der Waals surface area contributed by atoms with Crippen LogP contribution in [0.1, 0.15) is 60.3 Å². The fraction of sp³-hybridized carbons (Fsp3) is 0.429. The Balaban J connectivity index is 1.42. The normalized spacial score (nSPS) is 18.2. The van der Waals surface area contributed by atoms with Crippen molar-refractivity contribution in [2.75, 3.05) is 31.1 Å². The lowest BCUT2D eigenvalue weighted by Gasteiger charge is -2.39. The van der Waals surface area contributed by atoms with E-state index in [9.17, 15) is 4.79 Å². The molecular weight excluding hydrogens is 450 g/mol. The van der Waals surface area contributed by atoms with Gasteiger partial charge < -0.3 is 9.88 Å². The van der Waals surface area contributed by atoms with Gasteiger partial charge in [-0.15, -0.1) is 5.10 Å². The zero-order valence-corrected chi connectivity index (χ0v) is 21.0. The summed E-state index contributed by atoms with van der Waals surface area (Å²) >= 11 is 0. The number of benzene rings is 2. The number of para-hydroxylation sites is 1. The van der Waals surface area contributed by atoms with Crippen LogP contribution in [0.5, 0.6) is 0 Å². The number of hydrogen-bond acceptors (Lipinski definition) is 6. The van der Waals surface area contributed by atoms with Crippen LogP contribution in [0.4, 0.5) is 5.69 Å². The average molecular weight is 484 g/mol. The van der Waals surface area contributed by atoms with Crippen LogP contribution in [-0.4, -0.2) is 56.3 Å². The van der Waals surface area contributed by atoms with Gasteiger partial charge in [-0.2, -0.15) is 0 Å². The Bertz CT molecular complexity index is 1410. The Labute approximate surface area is 210 Å². The fourth-order valence-electron chi connectivity index (χ4n) is 6.06. The maximum absolute atomic E-state index is 13.6. The second-order valence-corrected chi connectivity index (χ2v) is 10.3. The molecule has 186 valence electrons. The Kier molecular flexibility index (Phi) is 6.05. The average Bonchev–Trinajstić information content (AvgIpc) is 3.58. The predicted molar refractivity (Wildman–Crippen MR) is 141 cm³/mol. The lowest BCUT2D eigenvalue weighted by atomic mass is 9.99. The number of anilines is 1.